The Morgan fingerprint density at radius 2 is 0.970 bits per heavy atom. The third-order valence-electron chi connectivity index (χ3n) is 14.9. The first kappa shape index (κ1) is 36.7. The first-order chi connectivity index (χ1) is 33.3. The Labute approximate surface area is 386 Å². The smallest absolute Gasteiger partial charge is 0.162 e. The SMILES string of the molecule is c1ccc(-c2ccc(-c3nc(-n4c5ccccc5c5c(-c6ccc7c8ccccc8n(-c8ccccc8)c7c6)cccc54)c4ccc5c(c4n3)-c3ccccc3C3CC53)c3ccccc23)cc1. The molecule has 0 radical (unpaired) electrons. The number of para-hydroxylation sites is 3. The summed E-state index contributed by atoms with van der Waals surface area (Å²) in [4.78, 5) is 11.5. The molecule has 3 heterocycles. The van der Waals surface area contributed by atoms with Gasteiger partial charge in [-0.3, -0.25) is 4.57 Å². The van der Waals surface area contributed by atoms with E-state index in [1.54, 1.807) is 0 Å². The van der Waals surface area contributed by atoms with Crippen molar-refractivity contribution >= 4 is 65.3 Å². The van der Waals surface area contributed by atoms with E-state index in [0.717, 1.165) is 50.2 Å². The predicted octanol–water partition coefficient (Wildman–Crippen LogP) is 16.2. The van der Waals surface area contributed by atoms with Crippen molar-refractivity contribution in [1.29, 1.82) is 0 Å². The van der Waals surface area contributed by atoms with E-state index in [2.05, 4.69) is 228 Å². The van der Waals surface area contributed by atoms with E-state index < -0.39 is 0 Å². The number of hydrogen-bond donors (Lipinski definition) is 0. The van der Waals surface area contributed by atoms with Gasteiger partial charge in [-0.15, -0.1) is 0 Å². The van der Waals surface area contributed by atoms with Crippen LogP contribution in [-0.4, -0.2) is 19.1 Å². The lowest BCUT2D eigenvalue weighted by Gasteiger charge is -2.22. The normalized spacial score (nSPS) is 15.1. The lowest BCUT2D eigenvalue weighted by molar-refractivity contribution is 1.00. The van der Waals surface area contributed by atoms with Crippen molar-refractivity contribution in [2.24, 2.45) is 0 Å². The maximum Gasteiger partial charge on any atom is 0.162 e. The Morgan fingerprint density at radius 1 is 0.358 bits per heavy atom. The highest BCUT2D eigenvalue weighted by Crippen LogP contribution is 2.63. The van der Waals surface area contributed by atoms with Gasteiger partial charge in [-0.2, -0.15) is 0 Å². The summed E-state index contributed by atoms with van der Waals surface area (Å²) in [5, 5.41) is 8.24. The van der Waals surface area contributed by atoms with E-state index in [-0.39, 0.29) is 0 Å². The second-order valence-corrected chi connectivity index (χ2v) is 18.4. The van der Waals surface area contributed by atoms with E-state index in [4.69, 9.17) is 9.97 Å². The van der Waals surface area contributed by atoms with Gasteiger partial charge in [-0.05, 0) is 117 Å². The zero-order chi connectivity index (χ0) is 43.7. The Morgan fingerprint density at radius 3 is 1.81 bits per heavy atom. The van der Waals surface area contributed by atoms with Gasteiger partial charge < -0.3 is 4.57 Å². The number of rotatable bonds is 5. The van der Waals surface area contributed by atoms with Crippen LogP contribution >= 0.6 is 0 Å². The maximum atomic E-state index is 5.76. The maximum absolute atomic E-state index is 5.76. The highest BCUT2D eigenvalue weighted by atomic mass is 15.1. The Balaban J connectivity index is 1.02. The zero-order valence-electron chi connectivity index (χ0n) is 36.4. The lowest BCUT2D eigenvalue weighted by Crippen LogP contribution is -2.06. The van der Waals surface area contributed by atoms with Crippen molar-refractivity contribution in [3.63, 3.8) is 0 Å². The molecule has 3 aromatic heterocycles. The quantitative estimate of drug-likeness (QED) is 0.173. The van der Waals surface area contributed by atoms with Gasteiger partial charge in [0.25, 0.3) is 0 Å². The summed E-state index contributed by atoms with van der Waals surface area (Å²) in [6, 6.07) is 79.8. The highest BCUT2D eigenvalue weighted by Gasteiger charge is 2.46. The van der Waals surface area contributed by atoms with Crippen LogP contribution in [0.25, 0.3) is 122 Å². The molecule has 312 valence electrons. The van der Waals surface area contributed by atoms with Crippen molar-refractivity contribution in [2.45, 2.75) is 18.3 Å². The molecule has 2 aliphatic carbocycles. The fraction of sp³-hybridized carbons (Fsp3) is 0.0476. The minimum Gasteiger partial charge on any atom is -0.309 e. The molecule has 0 N–H and O–H groups in total. The standard InChI is InChI=1S/C63H40N4/c1-3-16-38(17-4-1)41-32-34-50(44-21-8-7-20-43(41)44)62-64-61-52(35-33-49-54-37-53(54)45-22-9-10-24-48(45)60(49)61)63(65-62)67-56-28-14-12-25-51(56)59-42(26-15-29-57(59)67)39-30-31-47-46-23-11-13-27-55(46)66(58(47)36-39)40-18-5-2-6-19-40/h1-36,53-54H,37H2. The van der Waals surface area contributed by atoms with Crippen molar-refractivity contribution in [1.82, 2.24) is 19.1 Å². The van der Waals surface area contributed by atoms with Crippen LogP contribution in [0.1, 0.15) is 29.4 Å². The van der Waals surface area contributed by atoms with Gasteiger partial charge in [-0.25, -0.2) is 9.97 Å². The molecular weight excluding hydrogens is 813 g/mol. The molecule has 2 unspecified atom stereocenters. The molecule has 0 saturated heterocycles. The van der Waals surface area contributed by atoms with Gasteiger partial charge in [0.15, 0.2) is 5.82 Å². The van der Waals surface area contributed by atoms with Gasteiger partial charge in [0.05, 0.1) is 27.6 Å². The summed E-state index contributed by atoms with van der Waals surface area (Å²) in [5.41, 5.74) is 17.9. The summed E-state index contributed by atoms with van der Waals surface area (Å²) in [5.74, 6) is 2.69. The molecule has 2 atom stereocenters. The Kier molecular flexibility index (Phi) is 7.64. The first-order valence-electron chi connectivity index (χ1n) is 23.4. The molecule has 10 aromatic carbocycles. The molecule has 0 amide bonds. The zero-order valence-corrected chi connectivity index (χ0v) is 36.4. The molecule has 1 fully saturated rings. The van der Waals surface area contributed by atoms with E-state index in [1.165, 1.54) is 88.9 Å². The largest absolute Gasteiger partial charge is 0.309 e. The Bertz CT molecular complexity index is 4200. The van der Waals surface area contributed by atoms with Crippen LogP contribution in [0, 0.1) is 0 Å². The van der Waals surface area contributed by atoms with Gasteiger partial charge in [0, 0.05) is 43.7 Å². The average Bonchev–Trinajstić information content (AvgIpc) is 4.05. The number of nitrogens with zero attached hydrogens (tertiary/aromatic N) is 4. The number of hydrogen-bond acceptors (Lipinski definition) is 2. The van der Waals surface area contributed by atoms with Crippen LogP contribution in [0.2, 0.25) is 0 Å². The monoisotopic (exact) mass is 852 g/mol. The molecule has 0 spiro atoms. The lowest BCUT2D eigenvalue weighted by atomic mass is 9.84. The van der Waals surface area contributed by atoms with E-state index in [0.29, 0.717) is 11.8 Å². The third-order valence-corrected chi connectivity index (χ3v) is 14.9. The van der Waals surface area contributed by atoms with Crippen molar-refractivity contribution in [3.8, 4) is 56.3 Å². The highest BCUT2D eigenvalue weighted by molar-refractivity contribution is 6.18. The first-order valence-corrected chi connectivity index (χ1v) is 23.4. The Hall–Kier alpha value is -8.60. The van der Waals surface area contributed by atoms with Crippen molar-refractivity contribution in [2.75, 3.05) is 0 Å². The number of fused-ring (bicyclic) bond motifs is 15. The molecule has 67 heavy (non-hydrogen) atoms. The molecule has 13 aromatic rings. The summed E-state index contributed by atoms with van der Waals surface area (Å²) in [7, 11) is 0. The topological polar surface area (TPSA) is 35.6 Å². The molecule has 0 aliphatic heterocycles. The fourth-order valence-electron chi connectivity index (χ4n) is 11.9. The van der Waals surface area contributed by atoms with Crippen LogP contribution in [0.15, 0.2) is 218 Å². The predicted molar refractivity (Wildman–Crippen MR) is 278 cm³/mol. The molecular formula is C63H40N4. The van der Waals surface area contributed by atoms with Crippen LogP contribution in [0.3, 0.4) is 0 Å². The van der Waals surface area contributed by atoms with Gasteiger partial charge in [0.1, 0.15) is 5.82 Å². The summed E-state index contributed by atoms with van der Waals surface area (Å²) < 4.78 is 4.83. The number of benzene rings is 10. The van der Waals surface area contributed by atoms with Crippen molar-refractivity contribution in [3.05, 3.63) is 230 Å². The molecule has 2 aliphatic rings. The second kappa shape index (κ2) is 14.0. The van der Waals surface area contributed by atoms with Crippen LogP contribution < -0.4 is 0 Å². The number of aromatic nitrogens is 4. The van der Waals surface area contributed by atoms with Gasteiger partial charge >= 0.3 is 0 Å². The molecule has 4 heteroatoms. The minimum absolute atomic E-state index is 0.510. The summed E-state index contributed by atoms with van der Waals surface area (Å²) >= 11 is 0. The van der Waals surface area contributed by atoms with Crippen LogP contribution in [0.5, 0.6) is 0 Å². The summed E-state index contributed by atoms with van der Waals surface area (Å²) in [6.45, 7) is 0. The average molecular weight is 853 g/mol. The summed E-state index contributed by atoms with van der Waals surface area (Å²) in [6.07, 6.45) is 1.18. The molecule has 4 nitrogen and oxygen atoms in total. The molecule has 1 saturated carbocycles. The van der Waals surface area contributed by atoms with Crippen LogP contribution in [0.4, 0.5) is 0 Å². The van der Waals surface area contributed by atoms with E-state index in [1.807, 2.05) is 0 Å². The van der Waals surface area contributed by atoms with E-state index >= 15 is 0 Å². The molecule has 15 rings (SSSR count). The van der Waals surface area contributed by atoms with Crippen LogP contribution in [-0.2, 0) is 0 Å². The third kappa shape index (κ3) is 5.30. The van der Waals surface area contributed by atoms with Crippen molar-refractivity contribution < 1.29 is 0 Å². The van der Waals surface area contributed by atoms with Gasteiger partial charge in [0.2, 0.25) is 0 Å². The fourth-order valence-corrected chi connectivity index (χ4v) is 11.9. The van der Waals surface area contributed by atoms with Gasteiger partial charge in [-0.1, -0.05) is 170 Å². The minimum atomic E-state index is 0.510. The second-order valence-electron chi connectivity index (χ2n) is 18.4. The van der Waals surface area contributed by atoms with E-state index in [9.17, 15) is 0 Å². The molecule has 0 bridgehead atoms.